The van der Waals surface area contributed by atoms with Gasteiger partial charge in [-0.2, -0.15) is 16.3 Å². The van der Waals surface area contributed by atoms with Crippen molar-refractivity contribution in [3.63, 3.8) is 0 Å². The molecule has 3 rings (SSSR count). The summed E-state index contributed by atoms with van der Waals surface area (Å²) in [6.07, 6.45) is 1.06. The first kappa shape index (κ1) is 14.3. The van der Waals surface area contributed by atoms with E-state index in [1.54, 1.807) is 22.7 Å². The molecule has 0 aliphatic heterocycles. The third-order valence-corrected chi connectivity index (χ3v) is 4.74. The maximum atomic E-state index is 4.70. The molecule has 0 spiro atoms. The number of nitrogens with zero attached hydrogens (tertiary/aromatic N) is 3. The summed E-state index contributed by atoms with van der Waals surface area (Å²) in [6.45, 7) is 3.89. The fourth-order valence-electron chi connectivity index (χ4n) is 2.18. The van der Waals surface area contributed by atoms with Gasteiger partial charge in [-0.15, -0.1) is 11.3 Å². The fourth-order valence-corrected chi connectivity index (χ4v) is 3.60. The van der Waals surface area contributed by atoms with Crippen LogP contribution >= 0.6 is 22.7 Å². The highest BCUT2D eigenvalue weighted by molar-refractivity contribution is 7.16. The van der Waals surface area contributed by atoms with E-state index >= 15 is 0 Å². The first-order valence-electron chi connectivity index (χ1n) is 6.99. The zero-order valence-electron chi connectivity index (χ0n) is 12.2. The molecule has 0 amide bonds. The van der Waals surface area contributed by atoms with Crippen LogP contribution in [-0.4, -0.2) is 23.6 Å². The molecule has 0 radical (unpaired) electrons. The number of hydrogen-bond donors (Lipinski definition) is 1. The van der Waals surface area contributed by atoms with Gasteiger partial charge in [0, 0.05) is 20.1 Å². The van der Waals surface area contributed by atoms with Crippen LogP contribution in [0.1, 0.15) is 18.9 Å². The van der Waals surface area contributed by atoms with Crippen molar-refractivity contribution in [3.05, 3.63) is 33.8 Å². The molecule has 0 aliphatic rings. The van der Waals surface area contributed by atoms with Crippen LogP contribution in [0.25, 0.3) is 10.2 Å². The van der Waals surface area contributed by atoms with Gasteiger partial charge in [-0.25, -0.2) is 4.98 Å². The molecule has 4 nitrogen and oxygen atoms in total. The molecule has 0 aromatic carbocycles. The van der Waals surface area contributed by atoms with Crippen molar-refractivity contribution in [2.24, 2.45) is 0 Å². The lowest BCUT2D eigenvalue weighted by atomic mass is 10.3. The van der Waals surface area contributed by atoms with Crippen molar-refractivity contribution in [1.29, 1.82) is 0 Å². The van der Waals surface area contributed by atoms with Crippen LogP contribution < -0.4 is 10.2 Å². The highest BCUT2D eigenvalue weighted by atomic mass is 32.1. The number of anilines is 2. The summed E-state index contributed by atoms with van der Waals surface area (Å²) >= 11 is 3.39. The summed E-state index contributed by atoms with van der Waals surface area (Å²) in [5.74, 6) is 1.71. The van der Waals surface area contributed by atoms with E-state index in [1.165, 1.54) is 5.56 Å². The monoisotopic (exact) mass is 318 g/mol. The summed E-state index contributed by atoms with van der Waals surface area (Å²) < 4.78 is 0. The van der Waals surface area contributed by atoms with Crippen LogP contribution in [0, 0.1) is 0 Å². The van der Waals surface area contributed by atoms with E-state index in [0.29, 0.717) is 0 Å². The molecule has 0 saturated heterocycles. The molecule has 1 N–H and O–H groups in total. The second-order valence-electron chi connectivity index (χ2n) is 4.92. The minimum Gasteiger partial charge on any atom is -0.355 e. The summed E-state index contributed by atoms with van der Waals surface area (Å²) in [5.41, 5.74) is 1.31. The normalized spacial score (nSPS) is 11.0. The van der Waals surface area contributed by atoms with Crippen LogP contribution in [0.2, 0.25) is 0 Å². The quantitative estimate of drug-likeness (QED) is 0.739. The largest absolute Gasteiger partial charge is 0.355 e. The number of rotatable bonds is 6. The fraction of sp³-hybridized carbons (Fsp3) is 0.333. The number of fused-ring (bicyclic) bond motifs is 1. The minimum absolute atomic E-state index is 0.721. The Morgan fingerprint density at radius 2 is 2.14 bits per heavy atom. The SMILES string of the molecule is CCCNc1nc(N(C)Cc2ccsc2)c2ccsc2n1. The highest BCUT2D eigenvalue weighted by Crippen LogP contribution is 2.29. The molecule has 21 heavy (non-hydrogen) atoms. The number of thiophene rings is 2. The lowest BCUT2D eigenvalue weighted by Crippen LogP contribution is -2.18. The van der Waals surface area contributed by atoms with Crippen molar-refractivity contribution in [1.82, 2.24) is 9.97 Å². The van der Waals surface area contributed by atoms with E-state index in [9.17, 15) is 0 Å². The highest BCUT2D eigenvalue weighted by Gasteiger charge is 2.13. The molecule has 3 aromatic heterocycles. The summed E-state index contributed by atoms with van der Waals surface area (Å²) in [7, 11) is 2.08. The molecule has 0 unspecified atom stereocenters. The Bertz CT molecular complexity index is 706. The summed E-state index contributed by atoms with van der Waals surface area (Å²) in [5, 5.41) is 10.8. The third kappa shape index (κ3) is 3.16. The standard InChI is InChI=1S/C15H18N4S2/c1-3-6-16-15-17-13(12-5-8-21-14(12)18-15)19(2)9-11-4-7-20-10-11/h4-5,7-8,10H,3,6,9H2,1-2H3,(H,16,17,18). The van der Waals surface area contributed by atoms with Gasteiger partial charge in [0.15, 0.2) is 0 Å². The Kier molecular flexibility index (Phi) is 4.36. The smallest absolute Gasteiger partial charge is 0.226 e. The number of hydrogen-bond acceptors (Lipinski definition) is 6. The van der Waals surface area contributed by atoms with Gasteiger partial charge in [0.05, 0.1) is 5.39 Å². The van der Waals surface area contributed by atoms with E-state index in [4.69, 9.17) is 4.98 Å². The molecule has 110 valence electrons. The van der Waals surface area contributed by atoms with E-state index in [-0.39, 0.29) is 0 Å². The predicted molar refractivity (Wildman–Crippen MR) is 92.6 cm³/mol. The van der Waals surface area contributed by atoms with Crippen LogP contribution in [0.3, 0.4) is 0 Å². The van der Waals surface area contributed by atoms with Crippen LogP contribution in [0.5, 0.6) is 0 Å². The van der Waals surface area contributed by atoms with Gasteiger partial charge in [-0.1, -0.05) is 6.92 Å². The van der Waals surface area contributed by atoms with Crippen LogP contribution in [0.4, 0.5) is 11.8 Å². The first-order valence-corrected chi connectivity index (χ1v) is 8.81. The second-order valence-corrected chi connectivity index (χ2v) is 6.60. The lowest BCUT2D eigenvalue weighted by Gasteiger charge is -2.19. The van der Waals surface area contributed by atoms with Crippen molar-refractivity contribution >= 4 is 44.7 Å². The van der Waals surface area contributed by atoms with Crippen molar-refractivity contribution in [2.45, 2.75) is 19.9 Å². The molecule has 0 fully saturated rings. The zero-order chi connectivity index (χ0) is 14.7. The molecule has 0 atom stereocenters. The van der Waals surface area contributed by atoms with Crippen molar-refractivity contribution < 1.29 is 0 Å². The van der Waals surface area contributed by atoms with Gasteiger partial charge in [0.25, 0.3) is 0 Å². The molecular formula is C15H18N4S2. The van der Waals surface area contributed by atoms with Crippen molar-refractivity contribution in [2.75, 3.05) is 23.8 Å². The van der Waals surface area contributed by atoms with Gasteiger partial charge < -0.3 is 10.2 Å². The third-order valence-electron chi connectivity index (χ3n) is 3.20. The first-order chi connectivity index (χ1) is 10.3. The van der Waals surface area contributed by atoms with Gasteiger partial charge in [0.1, 0.15) is 10.6 Å². The number of nitrogens with one attached hydrogen (secondary N) is 1. The van der Waals surface area contributed by atoms with Gasteiger partial charge in [-0.05, 0) is 40.3 Å². The maximum Gasteiger partial charge on any atom is 0.226 e. The average Bonchev–Trinajstić information content (AvgIpc) is 3.14. The van der Waals surface area contributed by atoms with Crippen LogP contribution in [0.15, 0.2) is 28.3 Å². The Hall–Kier alpha value is -1.66. The zero-order valence-corrected chi connectivity index (χ0v) is 13.8. The molecule has 0 aliphatic carbocycles. The second kappa shape index (κ2) is 6.41. The number of aromatic nitrogens is 2. The topological polar surface area (TPSA) is 41.1 Å². The Balaban J connectivity index is 1.93. The predicted octanol–water partition coefficient (Wildman–Crippen LogP) is 4.21. The molecule has 3 heterocycles. The Labute approximate surface area is 132 Å². The Morgan fingerprint density at radius 1 is 1.24 bits per heavy atom. The van der Waals surface area contributed by atoms with Gasteiger partial charge in [0.2, 0.25) is 5.95 Å². The summed E-state index contributed by atoms with van der Waals surface area (Å²) in [4.78, 5) is 12.5. The van der Waals surface area contributed by atoms with E-state index in [0.717, 1.165) is 41.5 Å². The summed E-state index contributed by atoms with van der Waals surface area (Å²) in [6, 6.07) is 4.26. The minimum atomic E-state index is 0.721. The molecule has 0 bridgehead atoms. The van der Waals surface area contributed by atoms with E-state index in [1.807, 2.05) is 0 Å². The van der Waals surface area contributed by atoms with Crippen molar-refractivity contribution in [3.8, 4) is 0 Å². The van der Waals surface area contributed by atoms with E-state index < -0.39 is 0 Å². The average molecular weight is 318 g/mol. The molecular weight excluding hydrogens is 300 g/mol. The maximum absolute atomic E-state index is 4.70. The van der Waals surface area contributed by atoms with E-state index in [2.05, 4.69) is 57.4 Å². The molecule has 3 aromatic rings. The van der Waals surface area contributed by atoms with Crippen LogP contribution in [-0.2, 0) is 6.54 Å². The lowest BCUT2D eigenvalue weighted by molar-refractivity contribution is 0.898. The van der Waals surface area contributed by atoms with Gasteiger partial charge in [-0.3, -0.25) is 0 Å². The molecule has 6 heteroatoms. The van der Waals surface area contributed by atoms with Gasteiger partial charge >= 0.3 is 0 Å². The molecule has 0 saturated carbocycles. The Morgan fingerprint density at radius 3 is 2.90 bits per heavy atom.